The number of nitrogens with two attached hydrogens (primary N) is 1. The fourth-order valence-electron chi connectivity index (χ4n) is 1.40. The minimum Gasteiger partial charge on any atom is -0.334 e. The number of carbonyl (C=O) groups is 1. The first-order chi connectivity index (χ1) is 10.4. The molecule has 0 atom stereocenters. The quantitative estimate of drug-likeness (QED) is 0.621. The van der Waals surface area contributed by atoms with E-state index in [2.05, 4.69) is 15.5 Å². The minimum absolute atomic E-state index is 0.0649. The number of anilines is 1. The van der Waals surface area contributed by atoms with E-state index in [0.717, 1.165) is 22.6 Å². The lowest BCUT2D eigenvalue weighted by Gasteiger charge is -2.10. The predicted molar refractivity (Wildman–Crippen MR) is 87.3 cm³/mol. The van der Waals surface area contributed by atoms with Crippen molar-refractivity contribution in [2.24, 2.45) is 0 Å². The van der Waals surface area contributed by atoms with Gasteiger partial charge in [-0.2, -0.15) is 9.77 Å². The van der Waals surface area contributed by atoms with E-state index in [1.807, 2.05) is 0 Å². The average Bonchev–Trinajstić information content (AvgIpc) is 2.44. The van der Waals surface area contributed by atoms with Gasteiger partial charge in [-0.05, 0) is 12.1 Å². The number of carbonyl (C=O) groups excluding carboxylic acids is 1. The maximum Gasteiger partial charge on any atom is 0.291 e. The highest BCUT2D eigenvalue weighted by molar-refractivity contribution is 7.99. The molecule has 0 aliphatic heterocycles. The first-order valence-electron chi connectivity index (χ1n) is 5.65. The summed E-state index contributed by atoms with van der Waals surface area (Å²) in [5, 5.41) is 10.6. The Morgan fingerprint density at radius 1 is 1.32 bits per heavy atom. The van der Waals surface area contributed by atoms with E-state index in [-0.39, 0.29) is 26.6 Å². The van der Waals surface area contributed by atoms with E-state index in [0.29, 0.717) is 5.02 Å². The van der Waals surface area contributed by atoms with Gasteiger partial charge in [0.1, 0.15) is 6.20 Å². The number of nitrogen functional groups attached to an aromatic ring is 1. The Bertz CT molecular complexity index is 760. The predicted octanol–water partition coefficient (Wildman–Crippen LogP) is 2.04. The molecular formula is C11H8Cl3N5O2S. The van der Waals surface area contributed by atoms with Crippen molar-refractivity contribution in [1.82, 2.24) is 14.9 Å². The fraction of sp³-hybridized carbons (Fsp3) is 0.0909. The van der Waals surface area contributed by atoms with Gasteiger partial charge in [0.05, 0.1) is 21.5 Å². The Balaban J connectivity index is 2.05. The van der Waals surface area contributed by atoms with Crippen molar-refractivity contribution in [2.75, 3.05) is 16.9 Å². The van der Waals surface area contributed by atoms with Crippen LogP contribution < -0.4 is 16.7 Å². The molecule has 1 aromatic carbocycles. The number of nitrogens with zero attached hydrogens (tertiary/aromatic N) is 3. The molecule has 0 aliphatic rings. The third kappa shape index (κ3) is 4.04. The van der Waals surface area contributed by atoms with Gasteiger partial charge in [0, 0.05) is 5.02 Å². The summed E-state index contributed by atoms with van der Waals surface area (Å²) in [6, 6.07) is 2.91. The fourth-order valence-corrected chi connectivity index (χ4v) is 2.98. The Morgan fingerprint density at radius 3 is 2.59 bits per heavy atom. The van der Waals surface area contributed by atoms with E-state index in [1.165, 1.54) is 12.1 Å². The number of thioether (sulfide) groups is 1. The third-order valence-electron chi connectivity index (χ3n) is 2.36. The molecule has 1 aromatic heterocycles. The van der Waals surface area contributed by atoms with Crippen molar-refractivity contribution in [3.05, 3.63) is 43.8 Å². The molecule has 0 bridgehead atoms. The number of rotatable bonds is 4. The molecule has 11 heteroatoms. The molecule has 22 heavy (non-hydrogen) atoms. The lowest BCUT2D eigenvalue weighted by Crippen LogP contribution is -2.30. The van der Waals surface area contributed by atoms with Gasteiger partial charge in [-0.15, -0.1) is 5.10 Å². The summed E-state index contributed by atoms with van der Waals surface area (Å²) in [4.78, 5) is 23.2. The largest absolute Gasteiger partial charge is 0.334 e. The van der Waals surface area contributed by atoms with E-state index >= 15 is 0 Å². The zero-order valence-electron chi connectivity index (χ0n) is 10.7. The Morgan fingerprint density at radius 2 is 1.95 bits per heavy atom. The Labute approximate surface area is 143 Å². The molecule has 1 heterocycles. The minimum atomic E-state index is -0.526. The number of hydrogen-bond donors (Lipinski definition) is 2. The Hall–Kier alpha value is -1.48. The lowest BCUT2D eigenvalue weighted by atomic mass is 10.3. The SMILES string of the molecule is Nn1c(SCC(=O)Nc2c(Cl)cc(Cl)cc2Cl)nncc1=O. The van der Waals surface area contributed by atoms with Gasteiger partial charge < -0.3 is 11.2 Å². The highest BCUT2D eigenvalue weighted by atomic mass is 35.5. The first kappa shape index (κ1) is 16.9. The molecule has 7 nitrogen and oxygen atoms in total. The molecule has 3 N–H and O–H groups in total. The Kier molecular flexibility index (Phi) is 5.52. The summed E-state index contributed by atoms with van der Waals surface area (Å²) in [5.41, 5.74) is -0.274. The molecule has 116 valence electrons. The number of hydrogen-bond acceptors (Lipinski definition) is 6. The molecule has 2 aromatic rings. The summed E-state index contributed by atoms with van der Waals surface area (Å²) < 4.78 is 0.799. The first-order valence-corrected chi connectivity index (χ1v) is 7.77. The van der Waals surface area contributed by atoms with Gasteiger partial charge in [-0.25, -0.2) is 0 Å². The normalized spacial score (nSPS) is 10.5. The molecule has 0 spiro atoms. The molecule has 0 fully saturated rings. The standard InChI is InChI=1S/C11H8Cl3N5O2S/c12-5-1-6(13)10(7(14)2-5)17-8(20)4-22-11-18-16-3-9(21)19(11)15/h1-3H,4,15H2,(H,17,20). The maximum atomic E-state index is 11.9. The van der Waals surface area contributed by atoms with Gasteiger partial charge >= 0.3 is 0 Å². The second-order valence-electron chi connectivity index (χ2n) is 3.92. The van der Waals surface area contributed by atoms with Crippen LogP contribution in [0.4, 0.5) is 5.69 Å². The summed E-state index contributed by atoms with van der Waals surface area (Å²) in [7, 11) is 0. The molecule has 0 saturated heterocycles. The van der Waals surface area contributed by atoms with Crippen LogP contribution in [0.1, 0.15) is 0 Å². The van der Waals surface area contributed by atoms with Crippen LogP contribution in [0.2, 0.25) is 15.1 Å². The monoisotopic (exact) mass is 379 g/mol. The highest BCUT2D eigenvalue weighted by Gasteiger charge is 2.13. The van der Waals surface area contributed by atoms with Crippen LogP contribution in [0.5, 0.6) is 0 Å². The van der Waals surface area contributed by atoms with Gasteiger partial charge in [-0.1, -0.05) is 46.6 Å². The van der Waals surface area contributed by atoms with Crippen LogP contribution >= 0.6 is 46.6 Å². The topological polar surface area (TPSA) is 103 Å². The second kappa shape index (κ2) is 7.19. The molecule has 1 amide bonds. The van der Waals surface area contributed by atoms with Crippen LogP contribution in [-0.2, 0) is 4.79 Å². The molecule has 0 aliphatic carbocycles. The van der Waals surface area contributed by atoms with E-state index < -0.39 is 11.5 Å². The molecule has 0 radical (unpaired) electrons. The maximum absolute atomic E-state index is 11.9. The summed E-state index contributed by atoms with van der Waals surface area (Å²) in [6.45, 7) is 0. The van der Waals surface area contributed by atoms with Crippen molar-refractivity contribution in [2.45, 2.75) is 5.16 Å². The summed E-state index contributed by atoms with van der Waals surface area (Å²) in [5.74, 6) is 5.01. The second-order valence-corrected chi connectivity index (χ2v) is 6.11. The van der Waals surface area contributed by atoms with E-state index in [1.54, 1.807) is 0 Å². The zero-order valence-corrected chi connectivity index (χ0v) is 13.8. The van der Waals surface area contributed by atoms with Crippen LogP contribution in [0.3, 0.4) is 0 Å². The zero-order chi connectivity index (χ0) is 16.3. The lowest BCUT2D eigenvalue weighted by molar-refractivity contribution is -0.113. The molecule has 2 rings (SSSR count). The van der Waals surface area contributed by atoms with Gasteiger partial charge in [0.25, 0.3) is 5.56 Å². The number of halogens is 3. The van der Waals surface area contributed by atoms with E-state index in [4.69, 9.17) is 40.6 Å². The average molecular weight is 381 g/mol. The van der Waals surface area contributed by atoms with Crippen molar-refractivity contribution >= 4 is 58.2 Å². The molecule has 0 saturated carbocycles. The van der Waals surface area contributed by atoms with E-state index in [9.17, 15) is 9.59 Å². The molecule has 0 unspecified atom stereocenters. The highest BCUT2D eigenvalue weighted by Crippen LogP contribution is 2.33. The number of benzene rings is 1. The van der Waals surface area contributed by atoms with Crippen LogP contribution in [0.25, 0.3) is 0 Å². The molecular weight excluding hydrogens is 373 g/mol. The number of nitrogens with one attached hydrogen (secondary N) is 1. The number of amides is 1. The smallest absolute Gasteiger partial charge is 0.291 e. The van der Waals surface area contributed by atoms with Crippen molar-refractivity contribution < 1.29 is 4.79 Å². The van der Waals surface area contributed by atoms with Gasteiger partial charge in [-0.3, -0.25) is 9.59 Å². The van der Waals surface area contributed by atoms with Crippen LogP contribution in [0.15, 0.2) is 28.3 Å². The summed E-state index contributed by atoms with van der Waals surface area (Å²) in [6.07, 6.45) is 0.970. The van der Waals surface area contributed by atoms with Gasteiger partial charge in [0.15, 0.2) is 0 Å². The summed E-state index contributed by atoms with van der Waals surface area (Å²) >= 11 is 18.7. The van der Waals surface area contributed by atoms with Crippen LogP contribution in [-0.4, -0.2) is 26.5 Å². The van der Waals surface area contributed by atoms with Gasteiger partial charge in [0.2, 0.25) is 11.1 Å². The third-order valence-corrected chi connectivity index (χ3v) is 4.12. The van der Waals surface area contributed by atoms with Crippen LogP contribution in [0, 0.1) is 0 Å². The number of aromatic nitrogens is 3. The van der Waals surface area contributed by atoms with Crippen molar-refractivity contribution in [3.63, 3.8) is 0 Å². The van der Waals surface area contributed by atoms with Crippen molar-refractivity contribution in [3.8, 4) is 0 Å². The van der Waals surface area contributed by atoms with Crippen molar-refractivity contribution in [1.29, 1.82) is 0 Å².